The summed E-state index contributed by atoms with van der Waals surface area (Å²) < 4.78 is 40.8. The van der Waals surface area contributed by atoms with Gasteiger partial charge in [-0.15, -0.1) is 0 Å². The minimum Gasteiger partial charge on any atom is -0.361 e. The third kappa shape index (κ3) is 4.90. The van der Waals surface area contributed by atoms with Gasteiger partial charge < -0.3 is 15.2 Å². The van der Waals surface area contributed by atoms with Crippen LogP contribution in [0.2, 0.25) is 0 Å². The highest BCUT2D eigenvalue weighted by atomic mass is 19.4. The molecule has 0 aliphatic rings. The Labute approximate surface area is 108 Å². The Hall–Kier alpha value is -1.57. The first-order chi connectivity index (χ1) is 8.70. The average molecular weight is 279 g/mol. The molecule has 8 heteroatoms. The molecule has 0 aliphatic heterocycles. The van der Waals surface area contributed by atoms with E-state index in [4.69, 9.17) is 4.52 Å². The number of nitrogens with zero attached hydrogens (tertiary/aromatic N) is 1. The maximum atomic E-state index is 11.9. The normalized spacial score (nSPS) is 13.4. The van der Waals surface area contributed by atoms with Crippen LogP contribution < -0.4 is 10.6 Å². The molecule has 1 heterocycles. The molecule has 1 atom stereocenters. The quantitative estimate of drug-likeness (QED) is 0.856. The standard InChI is InChI=1S/C11H16F3N3O2/c1-6-9(8(3)19-17-6)4-15-7(2)10(18)16-5-11(12,13)14/h7,15H,4-5H2,1-3H3,(H,16,18). The van der Waals surface area contributed by atoms with Crippen LogP contribution in [-0.2, 0) is 11.3 Å². The Bertz CT molecular complexity index is 423. The van der Waals surface area contributed by atoms with E-state index in [-0.39, 0.29) is 0 Å². The highest BCUT2D eigenvalue weighted by Crippen LogP contribution is 2.13. The van der Waals surface area contributed by atoms with Crippen molar-refractivity contribution in [3.63, 3.8) is 0 Å². The molecule has 1 rings (SSSR count). The first-order valence-corrected chi connectivity index (χ1v) is 5.70. The molecule has 1 amide bonds. The van der Waals surface area contributed by atoms with Crippen molar-refractivity contribution >= 4 is 5.91 Å². The lowest BCUT2D eigenvalue weighted by Crippen LogP contribution is -2.45. The van der Waals surface area contributed by atoms with Crippen LogP contribution in [0.15, 0.2) is 4.52 Å². The highest BCUT2D eigenvalue weighted by Gasteiger charge is 2.28. The van der Waals surface area contributed by atoms with Crippen LogP contribution in [0.5, 0.6) is 0 Å². The van der Waals surface area contributed by atoms with Crippen molar-refractivity contribution in [1.82, 2.24) is 15.8 Å². The zero-order valence-corrected chi connectivity index (χ0v) is 10.9. The molecular formula is C11H16F3N3O2. The van der Waals surface area contributed by atoms with E-state index in [1.54, 1.807) is 13.8 Å². The van der Waals surface area contributed by atoms with E-state index in [1.807, 2.05) is 5.32 Å². The number of amides is 1. The van der Waals surface area contributed by atoms with Gasteiger partial charge in [0.2, 0.25) is 5.91 Å². The molecule has 1 unspecified atom stereocenters. The van der Waals surface area contributed by atoms with Crippen LogP contribution in [0.3, 0.4) is 0 Å². The van der Waals surface area contributed by atoms with Crippen molar-refractivity contribution in [1.29, 1.82) is 0 Å². The van der Waals surface area contributed by atoms with Gasteiger partial charge in [-0.05, 0) is 20.8 Å². The van der Waals surface area contributed by atoms with Crippen LogP contribution in [0.25, 0.3) is 0 Å². The van der Waals surface area contributed by atoms with Crippen molar-refractivity contribution < 1.29 is 22.5 Å². The minimum absolute atomic E-state index is 0.307. The Morgan fingerprint density at radius 2 is 2.05 bits per heavy atom. The molecule has 0 saturated carbocycles. The van der Waals surface area contributed by atoms with E-state index in [2.05, 4.69) is 10.5 Å². The van der Waals surface area contributed by atoms with Crippen molar-refractivity contribution in [2.75, 3.05) is 6.54 Å². The van der Waals surface area contributed by atoms with Crippen molar-refractivity contribution in [3.8, 4) is 0 Å². The number of aryl methyl sites for hydroxylation is 2. The van der Waals surface area contributed by atoms with Crippen LogP contribution in [0, 0.1) is 13.8 Å². The molecule has 0 radical (unpaired) electrons. The fourth-order valence-corrected chi connectivity index (χ4v) is 1.44. The summed E-state index contributed by atoms with van der Waals surface area (Å²) in [5.41, 5.74) is 1.49. The number of nitrogens with one attached hydrogen (secondary N) is 2. The topological polar surface area (TPSA) is 67.2 Å². The number of hydrogen-bond acceptors (Lipinski definition) is 4. The van der Waals surface area contributed by atoms with Gasteiger partial charge in [0.1, 0.15) is 12.3 Å². The number of carbonyl (C=O) groups excluding carboxylic acids is 1. The Morgan fingerprint density at radius 3 is 2.53 bits per heavy atom. The van der Waals surface area contributed by atoms with Gasteiger partial charge >= 0.3 is 6.18 Å². The second kappa shape index (κ2) is 6.05. The van der Waals surface area contributed by atoms with Crippen molar-refractivity contribution in [2.45, 2.75) is 39.5 Å². The van der Waals surface area contributed by atoms with Gasteiger partial charge in [-0.25, -0.2) is 0 Å². The number of rotatable bonds is 5. The number of halogens is 3. The fraction of sp³-hybridized carbons (Fsp3) is 0.636. The molecule has 0 aromatic carbocycles. The Morgan fingerprint density at radius 1 is 1.42 bits per heavy atom. The zero-order valence-electron chi connectivity index (χ0n) is 10.9. The van der Waals surface area contributed by atoms with E-state index >= 15 is 0 Å². The summed E-state index contributed by atoms with van der Waals surface area (Å²) in [5.74, 6) is -0.0861. The fourth-order valence-electron chi connectivity index (χ4n) is 1.44. The largest absolute Gasteiger partial charge is 0.405 e. The lowest BCUT2D eigenvalue weighted by molar-refractivity contribution is -0.139. The average Bonchev–Trinajstić information content (AvgIpc) is 2.62. The summed E-state index contributed by atoms with van der Waals surface area (Å²) in [6.45, 7) is 3.95. The maximum absolute atomic E-state index is 11.9. The molecule has 2 N–H and O–H groups in total. The van der Waals surface area contributed by atoms with Gasteiger partial charge in [0.15, 0.2) is 0 Å². The Kier molecular flexibility index (Phi) is 4.93. The predicted molar refractivity (Wildman–Crippen MR) is 61.3 cm³/mol. The van der Waals surface area contributed by atoms with E-state index in [9.17, 15) is 18.0 Å². The molecule has 19 heavy (non-hydrogen) atoms. The second-order valence-electron chi connectivity index (χ2n) is 4.24. The molecule has 0 saturated heterocycles. The van der Waals surface area contributed by atoms with Gasteiger partial charge in [0.05, 0.1) is 11.7 Å². The van der Waals surface area contributed by atoms with Gasteiger partial charge in [-0.1, -0.05) is 5.16 Å². The molecule has 0 aliphatic carbocycles. The van der Waals surface area contributed by atoms with E-state index in [0.29, 0.717) is 18.0 Å². The summed E-state index contributed by atoms with van der Waals surface area (Å²) in [5, 5.41) is 8.38. The molecule has 1 aromatic heterocycles. The molecule has 1 aromatic rings. The van der Waals surface area contributed by atoms with E-state index in [1.165, 1.54) is 6.92 Å². The third-order valence-electron chi connectivity index (χ3n) is 2.62. The minimum atomic E-state index is -4.41. The third-order valence-corrected chi connectivity index (χ3v) is 2.62. The van der Waals surface area contributed by atoms with Gasteiger partial charge in [0, 0.05) is 12.1 Å². The molecule has 0 fully saturated rings. The molecule has 108 valence electrons. The molecular weight excluding hydrogens is 263 g/mol. The summed E-state index contributed by atoms with van der Waals surface area (Å²) in [6, 6.07) is -0.740. The molecule has 0 spiro atoms. The van der Waals surface area contributed by atoms with E-state index < -0.39 is 24.7 Å². The monoisotopic (exact) mass is 279 g/mol. The molecule has 5 nitrogen and oxygen atoms in total. The SMILES string of the molecule is Cc1noc(C)c1CNC(C)C(=O)NCC(F)(F)F. The number of aromatic nitrogens is 1. The van der Waals surface area contributed by atoms with Crippen LogP contribution in [0.1, 0.15) is 23.9 Å². The second-order valence-corrected chi connectivity index (χ2v) is 4.24. The first-order valence-electron chi connectivity index (χ1n) is 5.70. The molecule has 0 bridgehead atoms. The lowest BCUT2D eigenvalue weighted by Gasteiger charge is -2.14. The zero-order chi connectivity index (χ0) is 14.6. The predicted octanol–water partition coefficient (Wildman–Crippen LogP) is 1.45. The van der Waals surface area contributed by atoms with Gasteiger partial charge in [-0.3, -0.25) is 4.79 Å². The van der Waals surface area contributed by atoms with Gasteiger partial charge in [0.25, 0.3) is 0 Å². The maximum Gasteiger partial charge on any atom is 0.405 e. The summed E-state index contributed by atoms with van der Waals surface area (Å²) in [4.78, 5) is 11.4. The number of hydrogen-bond donors (Lipinski definition) is 2. The van der Waals surface area contributed by atoms with Crippen LogP contribution in [0.4, 0.5) is 13.2 Å². The van der Waals surface area contributed by atoms with Crippen LogP contribution >= 0.6 is 0 Å². The van der Waals surface area contributed by atoms with Gasteiger partial charge in [-0.2, -0.15) is 13.2 Å². The summed E-state index contributed by atoms with van der Waals surface area (Å²) >= 11 is 0. The first kappa shape index (κ1) is 15.5. The van der Waals surface area contributed by atoms with Crippen molar-refractivity contribution in [3.05, 3.63) is 17.0 Å². The summed E-state index contributed by atoms with van der Waals surface area (Å²) in [6.07, 6.45) is -4.41. The highest BCUT2D eigenvalue weighted by molar-refractivity contribution is 5.81. The van der Waals surface area contributed by atoms with E-state index in [0.717, 1.165) is 5.56 Å². The Balaban J connectivity index is 2.43. The number of carbonyl (C=O) groups is 1. The lowest BCUT2D eigenvalue weighted by atomic mass is 10.2. The smallest absolute Gasteiger partial charge is 0.361 e. The summed E-state index contributed by atoms with van der Waals surface area (Å²) in [7, 11) is 0. The number of alkyl halides is 3. The van der Waals surface area contributed by atoms with Crippen molar-refractivity contribution in [2.24, 2.45) is 0 Å². The van der Waals surface area contributed by atoms with Crippen LogP contribution in [-0.4, -0.2) is 29.8 Å².